The van der Waals surface area contributed by atoms with Crippen LogP contribution < -0.4 is 15.5 Å². The fourth-order valence-electron chi connectivity index (χ4n) is 4.41. The van der Waals surface area contributed by atoms with Crippen LogP contribution in [0.2, 0.25) is 0 Å². The van der Waals surface area contributed by atoms with Crippen LogP contribution in [-0.4, -0.2) is 33.7 Å². The van der Waals surface area contributed by atoms with E-state index in [1.807, 2.05) is 0 Å². The molecule has 8 nitrogen and oxygen atoms in total. The lowest BCUT2D eigenvalue weighted by atomic mass is 9.94. The Bertz CT molecular complexity index is 1200. The van der Waals surface area contributed by atoms with Crippen molar-refractivity contribution < 1.29 is 18.8 Å². The van der Waals surface area contributed by atoms with E-state index in [0.29, 0.717) is 16.9 Å². The Labute approximate surface area is 209 Å². The second kappa shape index (κ2) is 11.5. The highest BCUT2D eigenvalue weighted by atomic mass is 19.1. The van der Waals surface area contributed by atoms with E-state index in [4.69, 9.17) is 0 Å². The van der Waals surface area contributed by atoms with Crippen LogP contribution in [0.1, 0.15) is 61.1 Å². The Balaban J connectivity index is 1.78. The molecule has 186 valence electrons. The molecule has 1 saturated carbocycles. The quantitative estimate of drug-likeness (QED) is 0.512. The fraction of sp³-hybridized carbons (Fsp3) is 0.296. The Morgan fingerprint density at radius 1 is 0.972 bits per heavy atom. The van der Waals surface area contributed by atoms with Gasteiger partial charge in [-0.25, -0.2) is 9.37 Å². The van der Waals surface area contributed by atoms with Crippen molar-refractivity contribution in [3.05, 3.63) is 84.2 Å². The van der Waals surface area contributed by atoms with Gasteiger partial charge < -0.3 is 10.6 Å². The number of anilines is 2. The topological polar surface area (TPSA) is 104 Å². The molecular formula is C27H28FN5O3. The monoisotopic (exact) mass is 489 g/mol. The summed E-state index contributed by atoms with van der Waals surface area (Å²) in [6.07, 6.45) is 9.11. The molecule has 1 heterocycles. The summed E-state index contributed by atoms with van der Waals surface area (Å²) in [4.78, 5) is 48.5. The zero-order valence-electron chi connectivity index (χ0n) is 20.0. The largest absolute Gasteiger partial charge is 0.351 e. The molecule has 4 rings (SSSR count). The molecule has 3 aromatic rings. The van der Waals surface area contributed by atoms with Crippen molar-refractivity contribution in [1.29, 1.82) is 0 Å². The molecule has 1 aliphatic carbocycles. The second-order valence-corrected chi connectivity index (χ2v) is 8.79. The van der Waals surface area contributed by atoms with Gasteiger partial charge in [-0.3, -0.25) is 24.3 Å². The molecule has 9 heteroatoms. The van der Waals surface area contributed by atoms with E-state index in [9.17, 15) is 18.8 Å². The minimum Gasteiger partial charge on any atom is -0.351 e. The molecule has 1 fully saturated rings. The summed E-state index contributed by atoms with van der Waals surface area (Å²) in [5.41, 5.74) is 1.46. The number of carbonyl (C=O) groups is 3. The molecule has 1 aromatic heterocycles. The number of hydrogen-bond donors (Lipinski definition) is 2. The van der Waals surface area contributed by atoms with E-state index in [-0.39, 0.29) is 23.6 Å². The van der Waals surface area contributed by atoms with Crippen LogP contribution in [0, 0.1) is 5.82 Å². The van der Waals surface area contributed by atoms with E-state index in [2.05, 4.69) is 20.6 Å². The maximum Gasteiger partial charge on any atom is 0.279 e. The smallest absolute Gasteiger partial charge is 0.279 e. The van der Waals surface area contributed by atoms with Gasteiger partial charge in [-0.05, 0) is 54.8 Å². The molecule has 0 bridgehead atoms. The van der Waals surface area contributed by atoms with Crippen LogP contribution in [-0.2, 0) is 9.59 Å². The van der Waals surface area contributed by atoms with Gasteiger partial charge in [-0.2, -0.15) is 0 Å². The molecule has 0 aliphatic heterocycles. The predicted molar refractivity (Wildman–Crippen MR) is 134 cm³/mol. The summed E-state index contributed by atoms with van der Waals surface area (Å²) in [6.45, 7) is 1.40. The van der Waals surface area contributed by atoms with E-state index in [0.717, 1.165) is 32.1 Å². The van der Waals surface area contributed by atoms with E-state index in [1.165, 1.54) is 54.7 Å². The summed E-state index contributed by atoms with van der Waals surface area (Å²) in [5, 5.41) is 5.80. The minimum absolute atomic E-state index is 0.00445. The molecular weight excluding hydrogens is 461 g/mol. The highest BCUT2D eigenvalue weighted by molar-refractivity contribution is 6.09. The van der Waals surface area contributed by atoms with E-state index < -0.39 is 17.8 Å². The van der Waals surface area contributed by atoms with Crippen LogP contribution in [0.4, 0.5) is 15.8 Å². The summed E-state index contributed by atoms with van der Waals surface area (Å²) in [5.74, 6) is -1.58. The number of amides is 3. The SMILES string of the molecule is CC(=O)Nc1ccc(N(C(=O)c2cnccn2)[C@@H](C(=O)NC2CCCCC2)c2ccc(F)cc2)cc1. The van der Waals surface area contributed by atoms with Crippen molar-refractivity contribution in [2.45, 2.75) is 51.1 Å². The second-order valence-electron chi connectivity index (χ2n) is 8.79. The number of aromatic nitrogens is 2. The first-order valence-corrected chi connectivity index (χ1v) is 12.0. The first-order chi connectivity index (χ1) is 17.4. The Hall–Kier alpha value is -4.14. The van der Waals surface area contributed by atoms with E-state index >= 15 is 0 Å². The molecule has 1 atom stereocenters. The van der Waals surface area contributed by atoms with Gasteiger partial charge in [0.05, 0.1) is 6.20 Å². The standard InChI is InChI=1S/C27H28FN5O3/c1-18(34)31-22-11-13-23(14-12-22)33(27(36)24-17-29-15-16-30-24)25(19-7-9-20(28)10-8-19)26(35)32-21-5-3-2-4-6-21/h7-17,21,25H,2-6H2,1H3,(H,31,34)(H,32,35)/t25-/m1/s1. The zero-order valence-corrected chi connectivity index (χ0v) is 20.0. The van der Waals surface area contributed by atoms with Gasteiger partial charge in [0.2, 0.25) is 11.8 Å². The molecule has 1 aliphatic rings. The highest BCUT2D eigenvalue weighted by Crippen LogP contribution is 2.31. The minimum atomic E-state index is -1.09. The zero-order chi connectivity index (χ0) is 25.5. The van der Waals surface area contributed by atoms with Gasteiger partial charge in [-0.1, -0.05) is 31.4 Å². The van der Waals surface area contributed by atoms with Crippen LogP contribution in [0.5, 0.6) is 0 Å². The van der Waals surface area contributed by atoms with Gasteiger partial charge in [0, 0.05) is 36.7 Å². The summed E-state index contributed by atoms with van der Waals surface area (Å²) < 4.78 is 13.8. The lowest BCUT2D eigenvalue weighted by Gasteiger charge is -2.33. The Morgan fingerprint density at radius 3 is 2.28 bits per heavy atom. The number of rotatable bonds is 7. The van der Waals surface area contributed by atoms with Crippen molar-refractivity contribution >= 4 is 29.1 Å². The van der Waals surface area contributed by atoms with Crippen molar-refractivity contribution in [2.24, 2.45) is 0 Å². The number of hydrogen-bond acceptors (Lipinski definition) is 5. The first-order valence-electron chi connectivity index (χ1n) is 12.0. The maximum atomic E-state index is 13.8. The van der Waals surface area contributed by atoms with Crippen molar-refractivity contribution in [3.8, 4) is 0 Å². The lowest BCUT2D eigenvalue weighted by molar-refractivity contribution is -0.123. The van der Waals surface area contributed by atoms with Gasteiger partial charge in [-0.15, -0.1) is 0 Å². The number of halogens is 1. The molecule has 0 radical (unpaired) electrons. The number of carbonyl (C=O) groups excluding carboxylic acids is 3. The fourth-order valence-corrected chi connectivity index (χ4v) is 4.41. The summed E-state index contributed by atoms with van der Waals surface area (Å²) in [6, 6.07) is 11.0. The summed E-state index contributed by atoms with van der Waals surface area (Å²) >= 11 is 0. The number of nitrogens with one attached hydrogen (secondary N) is 2. The predicted octanol–water partition coefficient (Wildman–Crippen LogP) is 4.41. The van der Waals surface area contributed by atoms with Crippen LogP contribution in [0.15, 0.2) is 67.1 Å². The lowest BCUT2D eigenvalue weighted by Crippen LogP contribution is -2.47. The van der Waals surface area contributed by atoms with Gasteiger partial charge in [0.15, 0.2) is 0 Å². The molecule has 0 saturated heterocycles. The third-order valence-corrected chi connectivity index (χ3v) is 6.11. The number of nitrogens with zero attached hydrogens (tertiary/aromatic N) is 3. The van der Waals surface area contributed by atoms with Gasteiger partial charge in [0.25, 0.3) is 5.91 Å². The first kappa shape index (κ1) is 25.0. The summed E-state index contributed by atoms with van der Waals surface area (Å²) in [7, 11) is 0. The number of benzene rings is 2. The average molecular weight is 490 g/mol. The molecule has 3 amide bonds. The Morgan fingerprint density at radius 2 is 1.67 bits per heavy atom. The van der Waals surface area contributed by atoms with Crippen molar-refractivity contribution in [2.75, 3.05) is 10.2 Å². The molecule has 0 unspecified atom stereocenters. The highest BCUT2D eigenvalue weighted by Gasteiger charge is 2.35. The Kier molecular flexibility index (Phi) is 7.99. The normalized spacial score (nSPS) is 14.5. The molecule has 2 N–H and O–H groups in total. The van der Waals surface area contributed by atoms with Crippen molar-refractivity contribution in [3.63, 3.8) is 0 Å². The van der Waals surface area contributed by atoms with Gasteiger partial charge >= 0.3 is 0 Å². The van der Waals surface area contributed by atoms with Crippen LogP contribution in [0.25, 0.3) is 0 Å². The molecule has 0 spiro atoms. The van der Waals surface area contributed by atoms with Crippen LogP contribution in [0.3, 0.4) is 0 Å². The molecule has 2 aromatic carbocycles. The van der Waals surface area contributed by atoms with E-state index in [1.54, 1.807) is 24.3 Å². The van der Waals surface area contributed by atoms with Gasteiger partial charge in [0.1, 0.15) is 17.6 Å². The third-order valence-electron chi connectivity index (χ3n) is 6.11. The average Bonchev–Trinajstić information content (AvgIpc) is 2.89. The third kappa shape index (κ3) is 6.10. The molecule has 36 heavy (non-hydrogen) atoms. The van der Waals surface area contributed by atoms with Crippen molar-refractivity contribution in [1.82, 2.24) is 15.3 Å². The maximum absolute atomic E-state index is 13.8. The van der Waals surface area contributed by atoms with Crippen LogP contribution >= 0.6 is 0 Å².